The predicted octanol–water partition coefficient (Wildman–Crippen LogP) is 2.18. The lowest BCUT2D eigenvalue weighted by atomic mass is 10.0. The molecule has 1 heterocycles. The van der Waals surface area contributed by atoms with Crippen LogP contribution in [0.15, 0.2) is 24.5 Å². The molecule has 0 aliphatic heterocycles. The molecule has 3 nitrogen and oxygen atoms in total. The molecule has 1 aliphatic rings. The van der Waals surface area contributed by atoms with Gasteiger partial charge in [-0.05, 0) is 26.2 Å². The Balaban J connectivity index is 1.94. The summed E-state index contributed by atoms with van der Waals surface area (Å²) in [5, 5.41) is 3.63. The molecule has 82 valence electrons. The van der Waals surface area contributed by atoms with E-state index in [0.717, 1.165) is 12.2 Å². The molecule has 0 aromatic carbocycles. The highest BCUT2D eigenvalue weighted by Crippen LogP contribution is 2.16. The van der Waals surface area contributed by atoms with Crippen LogP contribution in [0.5, 0.6) is 0 Å². The maximum absolute atomic E-state index is 4.36. The van der Waals surface area contributed by atoms with Gasteiger partial charge in [0, 0.05) is 25.5 Å². The fourth-order valence-electron chi connectivity index (χ4n) is 2.17. The first-order valence-corrected chi connectivity index (χ1v) is 5.65. The summed E-state index contributed by atoms with van der Waals surface area (Å²) in [7, 11) is 2.04. The smallest absolute Gasteiger partial charge is 0.125 e. The van der Waals surface area contributed by atoms with Crippen LogP contribution >= 0.6 is 0 Å². The predicted molar refractivity (Wildman–Crippen MR) is 61.5 cm³/mol. The van der Waals surface area contributed by atoms with Crippen molar-refractivity contribution in [2.45, 2.75) is 38.3 Å². The maximum atomic E-state index is 4.36. The number of nitrogens with zero attached hydrogens (tertiary/aromatic N) is 2. The summed E-state index contributed by atoms with van der Waals surface area (Å²) in [5.41, 5.74) is 0. The highest BCUT2D eigenvalue weighted by molar-refractivity contribution is 5.00. The Morgan fingerprint density at radius 3 is 3.00 bits per heavy atom. The number of hydrogen-bond acceptors (Lipinski definition) is 2. The van der Waals surface area contributed by atoms with Gasteiger partial charge in [0.2, 0.25) is 0 Å². The first kappa shape index (κ1) is 10.4. The molecule has 2 atom stereocenters. The van der Waals surface area contributed by atoms with Gasteiger partial charge >= 0.3 is 0 Å². The van der Waals surface area contributed by atoms with E-state index in [1.165, 1.54) is 12.8 Å². The number of imidazole rings is 1. The van der Waals surface area contributed by atoms with Crippen molar-refractivity contribution in [3.63, 3.8) is 0 Å². The zero-order valence-electron chi connectivity index (χ0n) is 9.48. The molecule has 1 aromatic heterocycles. The van der Waals surface area contributed by atoms with Crippen LogP contribution in [-0.4, -0.2) is 15.6 Å². The van der Waals surface area contributed by atoms with E-state index in [-0.39, 0.29) is 0 Å². The lowest BCUT2D eigenvalue weighted by Crippen LogP contribution is -2.33. The highest BCUT2D eigenvalue weighted by atomic mass is 15.1. The van der Waals surface area contributed by atoms with E-state index in [1.807, 2.05) is 19.4 Å². The fourth-order valence-corrected chi connectivity index (χ4v) is 2.17. The molecule has 0 spiro atoms. The molecule has 0 saturated carbocycles. The van der Waals surface area contributed by atoms with E-state index in [0.29, 0.717) is 12.1 Å². The SMILES string of the molecule is CC(NC1CC=CCC1)c1nccn1C. The summed E-state index contributed by atoms with van der Waals surface area (Å²) in [6.45, 7) is 2.18. The van der Waals surface area contributed by atoms with E-state index in [9.17, 15) is 0 Å². The molecule has 2 unspecified atom stereocenters. The topological polar surface area (TPSA) is 29.9 Å². The zero-order valence-corrected chi connectivity index (χ0v) is 9.48. The summed E-state index contributed by atoms with van der Waals surface area (Å²) < 4.78 is 2.08. The highest BCUT2D eigenvalue weighted by Gasteiger charge is 2.16. The normalized spacial score (nSPS) is 22.9. The van der Waals surface area contributed by atoms with Gasteiger partial charge in [-0.3, -0.25) is 0 Å². The third kappa shape index (κ3) is 2.48. The van der Waals surface area contributed by atoms with E-state index >= 15 is 0 Å². The van der Waals surface area contributed by atoms with Crippen LogP contribution < -0.4 is 5.32 Å². The zero-order chi connectivity index (χ0) is 10.7. The number of allylic oxidation sites excluding steroid dienone is 1. The van der Waals surface area contributed by atoms with E-state index in [4.69, 9.17) is 0 Å². The standard InChI is InChI=1S/C12H19N3/c1-10(12-13-8-9-15(12)2)14-11-6-4-3-5-7-11/h3-4,8-11,14H,5-7H2,1-2H3. The van der Waals surface area contributed by atoms with Crippen molar-refractivity contribution in [2.75, 3.05) is 0 Å². The van der Waals surface area contributed by atoms with Crippen molar-refractivity contribution >= 4 is 0 Å². The van der Waals surface area contributed by atoms with Crippen LogP contribution in [0.4, 0.5) is 0 Å². The van der Waals surface area contributed by atoms with E-state index in [1.54, 1.807) is 0 Å². The van der Waals surface area contributed by atoms with Crippen molar-refractivity contribution in [1.29, 1.82) is 0 Å². The Hall–Kier alpha value is -1.09. The van der Waals surface area contributed by atoms with Gasteiger partial charge in [0.05, 0.1) is 6.04 Å². The first-order chi connectivity index (χ1) is 7.27. The Morgan fingerprint density at radius 1 is 1.53 bits per heavy atom. The third-order valence-corrected chi connectivity index (χ3v) is 3.00. The van der Waals surface area contributed by atoms with Crippen LogP contribution in [0.25, 0.3) is 0 Å². The van der Waals surface area contributed by atoms with Crippen molar-refractivity contribution < 1.29 is 0 Å². The molecule has 1 aromatic rings. The second kappa shape index (κ2) is 4.62. The second-order valence-corrected chi connectivity index (χ2v) is 4.27. The minimum atomic E-state index is 0.335. The number of rotatable bonds is 3. The van der Waals surface area contributed by atoms with Crippen LogP contribution in [0.3, 0.4) is 0 Å². The van der Waals surface area contributed by atoms with Gasteiger partial charge in [-0.25, -0.2) is 4.98 Å². The number of hydrogen-bond donors (Lipinski definition) is 1. The van der Waals surface area contributed by atoms with Gasteiger partial charge < -0.3 is 9.88 Å². The summed E-state index contributed by atoms with van der Waals surface area (Å²) in [6.07, 6.45) is 12.0. The van der Waals surface area contributed by atoms with Crippen LogP contribution in [0.1, 0.15) is 38.1 Å². The summed E-state index contributed by atoms with van der Waals surface area (Å²) in [4.78, 5) is 4.36. The van der Waals surface area contributed by atoms with Gasteiger partial charge in [0.1, 0.15) is 5.82 Å². The average molecular weight is 205 g/mol. The van der Waals surface area contributed by atoms with Gasteiger partial charge in [-0.2, -0.15) is 0 Å². The second-order valence-electron chi connectivity index (χ2n) is 4.27. The largest absolute Gasteiger partial charge is 0.337 e. The monoisotopic (exact) mass is 205 g/mol. The van der Waals surface area contributed by atoms with Gasteiger partial charge in [-0.15, -0.1) is 0 Å². The minimum Gasteiger partial charge on any atom is -0.337 e. The van der Waals surface area contributed by atoms with Crippen LogP contribution in [0, 0.1) is 0 Å². The third-order valence-electron chi connectivity index (χ3n) is 3.00. The quantitative estimate of drug-likeness (QED) is 0.766. The fraction of sp³-hybridized carbons (Fsp3) is 0.583. The van der Waals surface area contributed by atoms with E-state index < -0.39 is 0 Å². The van der Waals surface area contributed by atoms with Crippen LogP contribution in [-0.2, 0) is 7.05 Å². The summed E-state index contributed by atoms with van der Waals surface area (Å²) in [6, 6.07) is 0.947. The van der Waals surface area contributed by atoms with Gasteiger partial charge in [-0.1, -0.05) is 12.2 Å². The molecule has 1 aliphatic carbocycles. The maximum Gasteiger partial charge on any atom is 0.125 e. The number of aryl methyl sites for hydroxylation is 1. The van der Waals surface area contributed by atoms with Crippen molar-refractivity contribution in [2.24, 2.45) is 7.05 Å². The average Bonchev–Trinajstić information content (AvgIpc) is 2.66. The Bertz CT molecular complexity index is 340. The number of aromatic nitrogens is 2. The molecule has 0 saturated heterocycles. The van der Waals surface area contributed by atoms with Gasteiger partial charge in [0.25, 0.3) is 0 Å². The molecule has 0 fully saturated rings. The van der Waals surface area contributed by atoms with Crippen molar-refractivity contribution in [3.8, 4) is 0 Å². The molecule has 2 rings (SSSR count). The van der Waals surface area contributed by atoms with Gasteiger partial charge in [0.15, 0.2) is 0 Å². The first-order valence-electron chi connectivity index (χ1n) is 5.65. The number of nitrogens with one attached hydrogen (secondary N) is 1. The summed E-state index contributed by atoms with van der Waals surface area (Å²) >= 11 is 0. The Morgan fingerprint density at radius 2 is 2.40 bits per heavy atom. The summed E-state index contributed by atoms with van der Waals surface area (Å²) in [5.74, 6) is 1.12. The molecular formula is C12H19N3. The molecule has 0 bridgehead atoms. The lowest BCUT2D eigenvalue weighted by Gasteiger charge is -2.23. The van der Waals surface area contributed by atoms with Crippen molar-refractivity contribution in [1.82, 2.24) is 14.9 Å². The molecule has 0 radical (unpaired) electrons. The van der Waals surface area contributed by atoms with Crippen LogP contribution in [0.2, 0.25) is 0 Å². The lowest BCUT2D eigenvalue weighted by molar-refractivity contribution is 0.410. The molecule has 0 amide bonds. The molecule has 1 N–H and O–H groups in total. The van der Waals surface area contributed by atoms with Crippen molar-refractivity contribution in [3.05, 3.63) is 30.4 Å². The van der Waals surface area contributed by atoms with E-state index in [2.05, 4.69) is 33.9 Å². The molecule has 15 heavy (non-hydrogen) atoms. The Kier molecular flexibility index (Phi) is 3.21. The molecule has 3 heteroatoms. The Labute approximate surface area is 91.2 Å². The minimum absolute atomic E-state index is 0.335. The molecular weight excluding hydrogens is 186 g/mol.